The van der Waals surface area contributed by atoms with E-state index < -0.39 is 0 Å². The minimum atomic E-state index is -0.210. The Morgan fingerprint density at radius 1 is 1.19 bits per heavy atom. The van der Waals surface area contributed by atoms with E-state index in [2.05, 4.69) is 5.43 Å². The first-order valence-corrected chi connectivity index (χ1v) is 7.70. The summed E-state index contributed by atoms with van der Waals surface area (Å²) in [5, 5.41) is 0.636. The number of carbonyl (C=O) groups is 1. The van der Waals surface area contributed by atoms with Crippen molar-refractivity contribution in [2.75, 3.05) is 5.73 Å². The minimum absolute atomic E-state index is 0.210. The van der Waals surface area contributed by atoms with E-state index in [1.165, 1.54) is 0 Å². The van der Waals surface area contributed by atoms with Gasteiger partial charge in [0.25, 0.3) is 0 Å². The van der Waals surface area contributed by atoms with E-state index in [0.717, 1.165) is 21.8 Å². The van der Waals surface area contributed by atoms with E-state index in [1.54, 1.807) is 17.8 Å². The molecule has 0 aliphatic heterocycles. The summed E-state index contributed by atoms with van der Waals surface area (Å²) in [4.78, 5) is 12.4. The van der Waals surface area contributed by atoms with Gasteiger partial charge in [0.1, 0.15) is 0 Å². The average Bonchev–Trinajstić information content (AvgIpc) is 2.47. The van der Waals surface area contributed by atoms with Crippen LogP contribution in [0.15, 0.2) is 47.4 Å². The fourth-order valence-electron chi connectivity index (χ4n) is 1.88. The van der Waals surface area contributed by atoms with Crippen molar-refractivity contribution in [2.45, 2.75) is 17.1 Å². The molecule has 0 saturated heterocycles. The lowest BCUT2D eigenvalue weighted by molar-refractivity contribution is -0.120. The second-order valence-corrected chi connectivity index (χ2v) is 5.92. The third-order valence-corrected chi connectivity index (χ3v) is 4.52. The predicted molar refractivity (Wildman–Crippen MR) is 87.9 cm³/mol. The van der Waals surface area contributed by atoms with Gasteiger partial charge in [-0.3, -0.25) is 10.2 Å². The maximum Gasteiger partial charge on any atom is 0.238 e. The highest BCUT2D eigenvalue weighted by Crippen LogP contribution is 2.31. The third-order valence-electron chi connectivity index (χ3n) is 2.97. The molecule has 5 N–H and O–H groups in total. The Balaban J connectivity index is 2.11. The van der Waals surface area contributed by atoms with Crippen LogP contribution in [-0.4, -0.2) is 5.91 Å². The van der Waals surface area contributed by atoms with Gasteiger partial charge in [0.2, 0.25) is 5.91 Å². The first kappa shape index (κ1) is 15.7. The lowest BCUT2D eigenvalue weighted by Gasteiger charge is -2.10. The van der Waals surface area contributed by atoms with Gasteiger partial charge in [-0.25, -0.2) is 5.84 Å². The van der Waals surface area contributed by atoms with Gasteiger partial charge in [0, 0.05) is 16.3 Å². The van der Waals surface area contributed by atoms with Crippen molar-refractivity contribution in [1.82, 2.24) is 5.43 Å². The molecule has 0 heterocycles. The molecule has 0 bridgehead atoms. The number of nitrogens with two attached hydrogens (primary N) is 2. The molecule has 0 spiro atoms. The van der Waals surface area contributed by atoms with E-state index >= 15 is 0 Å². The Morgan fingerprint density at radius 3 is 2.57 bits per heavy atom. The number of hydrazine groups is 1. The molecular formula is C15H16ClN3OS. The number of thioether (sulfide) groups is 1. The molecule has 0 saturated carbocycles. The van der Waals surface area contributed by atoms with Crippen molar-refractivity contribution in [1.29, 1.82) is 0 Å². The Morgan fingerprint density at radius 2 is 1.90 bits per heavy atom. The molecule has 0 radical (unpaired) electrons. The Labute approximate surface area is 132 Å². The fraction of sp³-hybridized carbons (Fsp3) is 0.133. The average molecular weight is 322 g/mol. The maximum absolute atomic E-state index is 11.4. The highest BCUT2D eigenvalue weighted by atomic mass is 35.5. The Bertz CT molecular complexity index is 649. The number of carbonyl (C=O) groups excluding carboxylic acids is 1. The van der Waals surface area contributed by atoms with E-state index in [0.29, 0.717) is 10.7 Å². The molecule has 0 unspecified atom stereocenters. The highest BCUT2D eigenvalue weighted by Gasteiger charge is 2.08. The smallest absolute Gasteiger partial charge is 0.238 e. The number of amides is 1. The largest absolute Gasteiger partial charge is 0.399 e. The number of nitrogen functional groups attached to an aromatic ring is 1. The number of anilines is 1. The van der Waals surface area contributed by atoms with Crippen LogP contribution in [0.25, 0.3) is 0 Å². The molecule has 2 rings (SSSR count). The molecule has 2 aromatic rings. The van der Waals surface area contributed by atoms with Crippen LogP contribution in [0.1, 0.15) is 11.1 Å². The zero-order chi connectivity index (χ0) is 15.2. The van der Waals surface area contributed by atoms with Crippen LogP contribution >= 0.6 is 23.4 Å². The van der Waals surface area contributed by atoms with Crippen molar-refractivity contribution in [2.24, 2.45) is 5.84 Å². The number of benzene rings is 2. The van der Waals surface area contributed by atoms with Crippen molar-refractivity contribution in [3.63, 3.8) is 0 Å². The summed E-state index contributed by atoms with van der Waals surface area (Å²) in [5.74, 6) is 5.64. The number of rotatable bonds is 5. The maximum atomic E-state index is 11.4. The van der Waals surface area contributed by atoms with Gasteiger partial charge in [-0.05, 0) is 29.3 Å². The van der Waals surface area contributed by atoms with Gasteiger partial charge in [0.15, 0.2) is 0 Å². The Hall–Kier alpha value is -1.69. The van der Waals surface area contributed by atoms with Gasteiger partial charge < -0.3 is 5.73 Å². The number of nitrogens with one attached hydrogen (secondary N) is 1. The summed E-state index contributed by atoms with van der Waals surface area (Å²) in [6.07, 6.45) is 0.267. The summed E-state index contributed by atoms with van der Waals surface area (Å²) >= 11 is 7.77. The number of hydrogen-bond donors (Lipinski definition) is 3. The summed E-state index contributed by atoms with van der Waals surface area (Å²) in [6, 6.07) is 13.2. The van der Waals surface area contributed by atoms with Crippen LogP contribution in [-0.2, 0) is 17.0 Å². The lowest BCUT2D eigenvalue weighted by Crippen LogP contribution is -2.31. The molecule has 0 aromatic heterocycles. The molecule has 0 atom stereocenters. The predicted octanol–water partition coefficient (Wildman–Crippen LogP) is 2.75. The standard InChI is InChI=1S/C15H16ClN3OS/c16-13-8-12(17)5-6-14(13)21-9-11-4-2-1-3-10(11)7-15(20)19-18/h1-6,8H,7,9,17-18H2,(H,19,20). The van der Waals surface area contributed by atoms with Gasteiger partial charge in [-0.15, -0.1) is 11.8 Å². The molecule has 110 valence electrons. The first-order valence-electron chi connectivity index (χ1n) is 6.34. The monoisotopic (exact) mass is 321 g/mol. The lowest BCUT2D eigenvalue weighted by atomic mass is 10.1. The van der Waals surface area contributed by atoms with E-state index in [9.17, 15) is 4.79 Å². The normalized spacial score (nSPS) is 10.4. The molecule has 4 nitrogen and oxygen atoms in total. The van der Waals surface area contributed by atoms with Crippen molar-refractivity contribution >= 4 is 35.0 Å². The Kier molecular flexibility index (Phi) is 5.50. The molecule has 6 heteroatoms. The summed E-state index contributed by atoms with van der Waals surface area (Å²) in [7, 11) is 0. The van der Waals surface area contributed by atoms with Crippen LogP contribution in [0.4, 0.5) is 5.69 Å². The molecule has 1 amide bonds. The summed E-state index contributed by atoms with van der Waals surface area (Å²) in [5.41, 5.74) is 10.5. The molecule has 0 aliphatic carbocycles. The van der Waals surface area contributed by atoms with Gasteiger partial charge in [-0.1, -0.05) is 35.9 Å². The summed E-state index contributed by atoms with van der Waals surface area (Å²) in [6.45, 7) is 0. The molecule has 21 heavy (non-hydrogen) atoms. The molecule has 0 fully saturated rings. The number of halogens is 1. The van der Waals surface area contributed by atoms with Gasteiger partial charge in [-0.2, -0.15) is 0 Å². The third kappa shape index (κ3) is 4.39. The van der Waals surface area contributed by atoms with Gasteiger partial charge in [0.05, 0.1) is 11.4 Å². The van der Waals surface area contributed by atoms with Gasteiger partial charge >= 0.3 is 0 Å². The van der Waals surface area contributed by atoms with Crippen molar-refractivity contribution < 1.29 is 4.79 Å². The van der Waals surface area contributed by atoms with E-state index in [-0.39, 0.29) is 12.3 Å². The van der Waals surface area contributed by atoms with Crippen LogP contribution in [0.5, 0.6) is 0 Å². The van der Waals surface area contributed by atoms with Crippen molar-refractivity contribution in [3.8, 4) is 0 Å². The zero-order valence-corrected chi connectivity index (χ0v) is 12.9. The highest BCUT2D eigenvalue weighted by molar-refractivity contribution is 7.98. The van der Waals surface area contributed by atoms with Crippen LogP contribution in [0.2, 0.25) is 5.02 Å². The SMILES string of the molecule is NNC(=O)Cc1ccccc1CSc1ccc(N)cc1Cl. The van der Waals surface area contributed by atoms with E-state index in [4.69, 9.17) is 23.2 Å². The van der Waals surface area contributed by atoms with Crippen LogP contribution in [0.3, 0.4) is 0 Å². The minimum Gasteiger partial charge on any atom is -0.399 e. The molecule has 2 aromatic carbocycles. The zero-order valence-electron chi connectivity index (χ0n) is 11.3. The molecular weight excluding hydrogens is 306 g/mol. The quantitative estimate of drug-likeness (QED) is 0.260. The number of hydrogen-bond acceptors (Lipinski definition) is 4. The van der Waals surface area contributed by atoms with Crippen LogP contribution < -0.4 is 17.0 Å². The second-order valence-electron chi connectivity index (χ2n) is 4.49. The molecule has 0 aliphatic rings. The van der Waals surface area contributed by atoms with E-state index in [1.807, 2.05) is 36.4 Å². The van der Waals surface area contributed by atoms with Crippen LogP contribution in [0, 0.1) is 0 Å². The first-order chi connectivity index (χ1) is 10.1. The van der Waals surface area contributed by atoms with Crippen molar-refractivity contribution in [3.05, 3.63) is 58.6 Å². The topological polar surface area (TPSA) is 81.1 Å². The second kappa shape index (κ2) is 7.36. The summed E-state index contributed by atoms with van der Waals surface area (Å²) < 4.78 is 0. The fourth-order valence-corrected chi connectivity index (χ4v) is 3.19.